The molecule has 222 valence electrons. The number of nitrogens with zero attached hydrogens (tertiary/aromatic N) is 4. The van der Waals surface area contributed by atoms with Gasteiger partial charge in [-0.15, -0.1) is 0 Å². The predicted molar refractivity (Wildman–Crippen MR) is 160 cm³/mol. The Labute approximate surface area is 241 Å². The van der Waals surface area contributed by atoms with E-state index < -0.39 is 0 Å². The van der Waals surface area contributed by atoms with Gasteiger partial charge in [-0.25, -0.2) is 0 Å². The maximum absolute atomic E-state index is 13.4. The van der Waals surface area contributed by atoms with E-state index in [9.17, 15) is 19.2 Å². The number of amides is 4. The first-order valence-corrected chi connectivity index (χ1v) is 13.7. The van der Waals surface area contributed by atoms with Crippen molar-refractivity contribution in [2.24, 2.45) is 20.0 Å². The van der Waals surface area contributed by atoms with Crippen molar-refractivity contribution >= 4 is 40.7 Å². The van der Waals surface area contributed by atoms with E-state index in [2.05, 4.69) is 40.0 Å². The summed E-state index contributed by atoms with van der Waals surface area (Å²) in [6.45, 7) is 7.62. The minimum absolute atomic E-state index is 0.209. The smallest absolute Gasteiger partial charge is 0.272 e. The molecule has 3 rings (SSSR count). The molecule has 0 fully saturated rings. The van der Waals surface area contributed by atoms with Crippen LogP contribution in [-0.2, 0) is 25.4 Å². The molecule has 0 aliphatic heterocycles. The van der Waals surface area contributed by atoms with Crippen molar-refractivity contribution in [1.29, 1.82) is 0 Å². The number of carbonyl (C=O) groups is 4. The van der Waals surface area contributed by atoms with E-state index in [4.69, 9.17) is 0 Å². The molecule has 0 bridgehead atoms. The fourth-order valence-electron chi connectivity index (χ4n) is 4.35. The number of hydrogen-bond acceptors (Lipinski definition) is 5. The van der Waals surface area contributed by atoms with Gasteiger partial charge in [0, 0.05) is 52.7 Å². The first kappa shape index (κ1) is 31.2. The van der Waals surface area contributed by atoms with Gasteiger partial charge in [-0.2, -0.15) is 0 Å². The van der Waals surface area contributed by atoms with Crippen LogP contribution in [0.25, 0.3) is 0 Å². The number of aryl methyl sites for hydroxylation is 3. The van der Waals surface area contributed by atoms with Crippen molar-refractivity contribution in [3.63, 3.8) is 0 Å². The van der Waals surface area contributed by atoms with Crippen molar-refractivity contribution in [1.82, 2.24) is 23.9 Å². The molecule has 3 aromatic heterocycles. The van der Waals surface area contributed by atoms with Gasteiger partial charge in [-0.3, -0.25) is 19.2 Å². The van der Waals surface area contributed by atoms with Crippen molar-refractivity contribution in [2.75, 3.05) is 43.1 Å². The second-order valence-electron chi connectivity index (χ2n) is 10.9. The molecule has 12 heteroatoms. The lowest BCUT2D eigenvalue weighted by atomic mass is 10.1. The van der Waals surface area contributed by atoms with Crippen LogP contribution in [0, 0.1) is 5.92 Å². The number of hydrogen-bond donors (Lipinski definition) is 4. The lowest BCUT2D eigenvalue weighted by molar-refractivity contribution is -0.114. The molecule has 0 aliphatic carbocycles. The van der Waals surface area contributed by atoms with E-state index in [1.54, 1.807) is 60.0 Å². The summed E-state index contributed by atoms with van der Waals surface area (Å²) in [4.78, 5) is 52.5. The van der Waals surface area contributed by atoms with Crippen LogP contribution in [0.5, 0.6) is 0 Å². The molecule has 0 saturated heterocycles. The molecule has 41 heavy (non-hydrogen) atoms. The Morgan fingerprint density at radius 1 is 0.780 bits per heavy atom. The highest BCUT2D eigenvalue weighted by Crippen LogP contribution is 2.21. The van der Waals surface area contributed by atoms with Gasteiger partial charge in [0.15, 0.2) is 0 Å². The van der Waals surface area contributed by atoms with Crippen LogP contribution in [0.3, 0.4) is 0 Å². The molecule has 0 saturated carbocycles. The molecule has 3 heterocycles. The monoisotopic (exact) mass is 566 g/mol. The second-order valence-corrected chi connectivity index (χ2v) is 10.9. The maximum Gasteiger partial charge on any atom is 0.272 e. The van der Waals surface area contributed by atoms with Crippen molar-refractivity contribution < 1.29 is 19.2 Å². The number of anilines is 3. The van der Waals surface area contributed by atoms with Crippen LogP contribution in [-0.4, -0.2) is 69.4 Å². The van der Waals surface area contributed by atoms with Gasteiger partial charge in [0.05, 0.1) is 17.1 Å². The van der Waals surface area contributed by atoms with E-state index in [1.165, 1.54) is 6.92 Å². The molecule has 4 N–H and O–H groups in total. The minimum Gasteiger partial charge on any atom is -0.351 e. The summed E-state index contributed by atoms with van der Waals surface area (Å²) in [5, 5.41) is 11.3. The third-order valence-electron chi connectivity index (χ3n) is 6.46. The molecule has 0 spiro atoms. The molecule has 0 atom stereocenters. The third-order valence-corrected chi connectivity index (χ3v) is 6.46. The molecule has 3 aromatic rings. The van der Waals surface area contributed by atoms with Crippen LogP contribution in [0.1, 0.15) is 65.1 Å². The maximum atomic E-state index is 13.4. The van der Waals surface area contributed by atoms with Crippen molar-refractivity contribution in [2.45, 2.75) is 40.2 Å². The third kappa shape index (κ3) is 8.84. The highest BCUT2D eigenvalue weighted by atomic mass is 16.2. The average Bonchev–Trinajstić information content (AvgIpc) is 3.56. The Hall–Kier alpha value is -4.32. The van der Waals surface area contributed by atoms with E-state index in [1.807, 2.05) is 18.7 Å². The van der Waals surface area contributed by atoms with Crippen LogP contribution in [0.2, 0.25) is 0 Å². The zero-order chi connectivity index (χ0) is 30.3. The fraction of sp³-hybridized carbons (Fsp3) is 0.448. The van der Waals surface area contributed by atoms with Crippen LogP contribution in [0.4, 0.5) is 17.1 Å². The molecular formula is C29H42N8O4. The zero-order valence-corrected chi connectivity index (χ0v) is 25.0. The average molecular weight is 567 g/mol. The minimum atomic E-state index is -0.374. The van der Waals surface area contributed by atoms with Gasteiger partial charge >= 0.3 is 0 Å². The molecular weight excluding hydrogens is 524 g/mol. The summed E-state index contributed by atoms with van der Waals surface area (Å²) in [6, 6.07) is 4.86. The van der Waals surface area contributed by atoms with Crippen LogP contribution < -0.4 is 21.3 Å². The second kappa shape index (κ2) is 13.8. The number of aromatic nitrogens is 3. The normalized spacial score (nSPS) is 11.1. The molecule has 4 amide bonds. The zero-order valence-electron chi connectivity index (χ0n) is 25.0. The van der Waals surface area contributed by atoms with E-state index in [0.717, 1.165) is 19.4 Å². The van der Waals surface area contributed by atoms with E-state index >= 15 is 0 Å². The van der Waals surface area contributed by atoms with E-state index in [0.29, 0.717) is 53.2 Å². The van der Waals surface area contributed by atoms with Crippen LogP contribution in [0.15, 0.2) is 36.8 Å². The van der Waals surface area contributed by atoms with Gasteiger partial charge in [0.25, 0.3) is 17.7 Å². The largest absolute Gasteiger partial charge is 0.351 e. The molecule has 0 aromatic carbocycles. The van der Waals surface area contributed by atoms with Crippen molar-refractivity contribution in [3.05, 3.63) is 53.9 Å². The summed E-state index contributed by atoms with van der Waals surface area (Å²) >= 11 is 0. The van der Waals surface area contributed by atoms with E-state index in [-0.39, 0.29) is 23.6 Å². The summed E-state index contributed by atoms with van der Waals surface area (Å²) in [6.07, 6.45) is 6.76. The Morgan fingerprint density at radius 3 is 1.85 bits per heavy atom. The SMILES string of the molecule is CC(=O)Nc1cc(C(=O)Nc2cc(C(=O)Nc3cc(C(=O)NCCCN(C)C)n(C)c3)n(CCC(C)C)c2)n(C)c1. The number of carbonyl (C=O) groups excluding carboxylic acids is 4. The van der Waals surface area contributed by atoms with Crippen LogP contribution >= 0.6 is 0 Å². The highest BCUT2D eigenvalue weighted by molar-refractivity contribution is 6.07. The first-order valence-electron chi connectivity index (χ1n) is 13.7. The van der Waals surface area contributed by atoms with Gasteiger partial charge in [-0.1, -0.05) is 13.8 Å². The lowest BCUT2D eigenvalue weighted by Gasteiger charge is -2.10. The Morgan fingerprint density at radius 2 is 1.29 bits per heavy atom. The van der Waals surface area contributed by atoms with Gasteiger partial charge in [-0.05, 0) is 57.6 Å². The van der Waals surface area contributed by atoms with Gasteiger partial charge < -0.3 is 39.9 Å². The topological polar surface area (TPSA) is 134 Å². The van der Waals surface area contributed by atoms with Gasteiger partial charge in [0.2, 0.25) is 5.91 Å². The Balaban J connectivity index is 1.75. The first-order chi connectivity index (χ1) is 19.3. The van der Waals surface area contributed by atoms with Gasteiger partial charge in [0.1, 0.15) is 17.1 Å². The summed E-state index contributed by atoms with van der Waals surface area (Å²) in [5.41, 5.74) is 2.65. The summed E-state index contributed by atoms with van der Waals surface area (Å²) in [7, 11) is 7.44. The lowest BCUT2D eigenvalue weighted by Crippen LogP contribution is -2.28. The quantitative estimate of drug-likeness (QED) is 0.236. The summed E-state index contributed by atoms with van der Waals surface area (Å²) < 4.78 is 5.12. The fourth-order valence-corrected chi connectivity index (χ4v) is 4.35. The molecule has 0 radical (unpaired) electrons. The number of nitrogens with one attached hydrogen (secondary N) is 4. The number of rotatable bonds is 13. The predicted octanol–water partition coefficient (Wildman–Crippen LogP) is 3.36. The molecule has 0 aliphatic rings. The Bertz CT molecular complexity index is 1400. The molecule has 0 unspecified atom stereocenters. The molecule has 12 nitrogen and oxygen atoms in total. The Kier molecular flexibility index (Phi) is 10.5. The highest BCUT2D eigenvalue weighted by Gasteiger charge is 2.20. The summed E-state index contributed by atoms with van der Waals surface area (Å²) in [5.74, 6) is -0.758. The standard InChI is InChI=1S/C29H42N8O4/c1-19(2)9-12-37-18-23(33-28(40)25-13-21(16-36(25)7)31-20(3)38)15-26(37)29(41)32-22-14-24(35(6)17-22)27(39)30-10-8-11-34(4)5/h13-19H,8-12H2,1-7H3,(H,30,39)(H,31,38)(H,32,41)(H,33,40). The van der Waals surface area contributed by atoms with Crippen molar-refractivity contribution in [3.8, 4) is 0 Å².